The first-order valence-electron chi connectivity index (χ1n) is 11.6. The summed E-state index contributed by atoms with van der Waals surface area (Å²) in [6, 6.07) is 21.8. The molecule has 8 nitrogen and oxygen atoms in total. The molecule has 2 N–H and O–H groups in total. The molecule has 3 aromatic carbocycles. The fraction of sp³-hybridized carbons (Fsp3) is 0.222. The second kappa shape index (κ2) is 7.16. The average molecular weight is 467 g/mol. The van der Waals surface area contributed by atoms with Crippen molar-refractivity contribution in [3.8, 4) is 11.5 Å². The van der Waals surface area contributed by atoms with Gasteiger partial charge in [0.25, 0.3) is 0 Å². The number of nitrogens with one attached hydrogen (secondary N) is 2. The zero-order chi connectivity index (χ0) is 23.7. The Morgan fingerprint density at radius 2 is 1.66 bits per heavy atom. The first-order valence-corrected chi connectivity index (χ1v) is 11.6. The van der Waals surface area contributed by atoms with Crippen molar-refractivity contribution in [1.29, 1.82) is 0 Å². The van der Waals surface area contributed by atoms with E-state index in [0.29, 0.717) is 34.9 Å². The number of ether oxygens (including phenoxy) is 2. The highest BCUT2D eigenvalue weighted by molar-refractivity contribution is 6.25. The van der Waals surface area contributed by atoms with Gasteiger partial charge in [-0.25, -0.2) is 4.90 Å². The molecule has 35 heavy (non-hydrogen) atoms. The number of rotatable bonds is 3. The molecule has 2 fully saturated rings. The second-order valence-corrected chi connectivity index (χ2v) is 9.30. The highest BCUT2D eigenvalue weighted by Gasteiger charge is 2.70. The predicted octanol–water partition coefficient (Wildman–Crippen LogP) is 2.58. The van der Waals surface area contributed by atoms with E-state index in [1.165, 1.54) is 4.90 Å². The van der Waals surface area contributed by atoms with Crippen LogP contribution in [0.1, 0.15) is 11.1 Å². The summed E-state index contributed by atoms with van der Waals surface area (Å²) < 4.78 is 10.9. The molecule has 3 aromatic rings. The number of amides is 3. The first-order chi connectivity index (χ1) is 17.1. The Labute approximate surface area is 200 Å². The Morgan fingerprint density at radius 3 is 2.51 bits per heavy atom. The lowest BCUT2D eigenvalue weighted by atomic mass is 9.76. The fourth-order valence-corrected chi connectivity index (χ4v) is 6.08. The molecule has 4 aliphatic heterocycles. The smallest absolute Gasteiger partial charge is 0.250 e. The normalized spacial score (nSPS) is 27.9. The van der Waals surface area contributed by atoms with Gasteiger partial charge < -0.3 is 14.8 Å². The number of imide groups is 1. The average Bonchev–Trinajstić information content (AvgIpc) is 3.59. The van der Waals surface area contributed by atoms with Crippen molar-refractivity contribution in [2.45, 2.75) is 18.0 Å². The van der Waals surface area contributed by atoms with Crippen molar-refractivity contribution >= 4 is 29.1 Å². The Hall–Kier alpha value is -4.17. The van der Waals surface area contributed by atoms with E-state index in [0.717, 1.165) is 5.56 Å². The van der Waals surface area contributed by atoms with Gasteiger partial charge in [0, 0.05) is 23.4 Å². The standard InChI is InChI=1S/C27H21N3O5/c31-24-22-19(12-15-6-2-1-3-7-15)29-27(17-8-4-5-9-18(17)28-26(27)33)23(22)25(32)30(24)16-10-11-20-21(13-16)35-14-34-20/h1-11,13,19,22-23,29H,12,14H2,(H,28,33). The third-order valence-corrected chi connectivity index (χ3v) is 7.54. The number of hydrogen-bond donors (Lipinski definition) is 2. The SMILES string of the molecule is O=C1C2C(Cc3ccccc3)NC3(C(=O)Nc4ccccc43)C2C(=O)N1c1ccc2c(c1)OCO2. The van der Waals surface area contributed by atoms with E-state index in [1.807, 2.05) is 54.6 Å². The molecule has 4 unspecified atom stereocenters. The van der Waals surface area contributed by atoms with Crippen molar-refractivity contribution in [2.24, 2.45) is 11.8 Å². The van der Waals surface area contributed by atoms with Gasteiger partial charge in [-0.05, 0) is 30.2 Å². The number of benzene rings is 3. The van der Waals surface area contributed by atoms with E-state index >= 15 is 0 Å². The largest absolute Gasteiger partial charge is 0.454 e. The van der Waals surface area contributed by atoms with Crippen molar-refractivity contribution in [1.82, 2.24) is 5.32 Å². The van der Waals surface area contributed by atoms with Crippen molar-refractivity contribution in [2.75, 3.05) is 17.0 Å². The van der Waals surface area contributed by atoms with E-state index in [1.54, 1.807) is 18.2 Å². The maximum atomic E-state index is 14.0. The summed E-state index contributed by atoms with van der Waals surface area (Å²) in [5.41, 5.74) is 1.47. The van der Waals surface area contributed by atoms with Gasteiger partial charge in [-0.15, -0.1) is 0 Å². The lowest BCUT2D eigenvalue weighted by Crippen LogP contribution is -2.53. The number of para-hydroxylation sites is 1. The first kappa shape index (κ1) is 20.2. The number of nitrogens with zero attached hydrogens (tertiary/aromatic N) is 1. The highest BCUT2D eigenvalue weighted by atomic mass is 16.7. The van der Waals surface area contributed by atoms with Gasteiger partial charge in [-0.2, -0.15) is 0 Å². The van der Waals surface area contributed by atoms with Crippen LogP contribution in [-0.4, -0.2) is 30.6 Å². The molecule has 0 aromatic heterocycles. The molecule has 2 saturated heterocycles. The Balaban J connectivity index is 1.36. The van der Waals surface area contributed by atoms with Gasteiger partial charge in [0.05, 0.1) is 17.5 Å². The molecule has 0 radical (unpaired) electrons. The Morgan fingerprint density at radius 1 is 0.886 bits per heavy atom. The quantitative estimate of drug-likeness (QED) is 0.575. The van der Waals surface area contributed by atoms with Gasteiger partial charge in [-0.3, -0.25) is 19.7 Å². The molecule has 4 heterocycles. The van der Waals surface area contributed by atoms with Crippen LogP contribution in [-0.2, 0) is 26.3 Å². The summed E-state index contributed by atoms with van der Waals surface area (Å²) >= 11 is 0. The Bertz CT molecular complexity index is 1410. The van der Waals surface area contributed by atoms with Crippen LogP contribution < -0.4 is 25.0 Å². The number of anilines is 2. The molecule has 4 atom stereocenters. The maximum Gasteiger partial charge on any atom is 0.250 e. The minimum absolute atomic E-state index is 0.0923. The molecule has 3 amide bonds. The predicted molar refractivity (Wildman–Crippen MR) is 126 cm³/mol. The molecule has 7 rings (SSSR count). The topological polar surface area (TPSA) is 97.0 Å². The maximum absolute atomic E-state index is 14.0. The van der Waals surface area contributed by atoms with Crippen LogP contribution in [0.25, 0.3) is 0 Å². The van der Waals surface area contributed by atoms with Gasteiger partial charge in [0.15, 0.2) is 11.5 Å². The summed E-state index contributed by atoms with van der Waals surface area (Å²) in [6.45, 7) is 0.0923. The number of carbonyl (C=O) groups excluding carboxylic acids is 3. The van der Waals surface area contributed by atoms with Crippen LogP contribution >= 0.6 is 0 Å². The van der Waals surface area contributed by atoms with Gasteiger partial charge in [0.1, 0.15) is 5.54 Å². The molecule has 4 aliphatic rings. The third-order valence-electron chi connectivity index (χ3n) is 7.54. The minimum Gasteiger partial charge on any atom is -0.454 e. The van der Waals surface area contributed by atoms with Gasteiger partial charge in [-0.1, -0.05) is 48.5 Å². The fourth-order valence-electron chi connectivity index (χ4n) is 6.08. The van der Waals surface area contributed by atoms with Crippen LogP contribution in [0.4, 0.5) is 11.4 Å². The summed E-state index contributed by atoms with van der Waals surface area (Å²) in [5, 5.41) is 6.40. The van der Waals surface area contributed by atoms with Crippen LogP contribution in [0.5, 0.6) is 11.5 Å². The molecule has 8 heteroatoms. The van der Waals surface area contributed by atoms with Gasteiger partial charge >= 0.3 is 0 Å². The van der Waals surface area contributed by atoms with Crippen molar-refractivity contribution in [3.05, 3.63) is 83.9 Å². The molecule has 1 spiro atoms. The molecule has 0 aliphatic carbocycles. The monoisotopic (exact) mass is 467 g/mol. The van der Waals surface area contributed by atoms with Crippen LogP contribution in [0.15, 0.2) is 72.8 Å². The van der Waals surface area contributed by atoms with Crippen molar-refractivity contribution < 1.29 is 23.9 Å². The molecule has 174 valence electrons. The van der Waals surface area contributed by atoms with E-state index < -0.39 is 29.3 Å². The van der Waals surface area contributed by atoms with E-state index in [-0.39, 0.29) is 18.6 Å². The molecular formula is C27H21N3O5. The highest BCUT2D eigenvalue weighted by Crippen LogP contribution is 2.54. The molecule has 0 saturated carbocycles. The van der Waals surface area contributed by atoms with Crippen LogP contribution in [0, 0.1) is 11.8 Å². The van der Waals surface area contributed by atoms with E-state index in [4.69, 9.17) is 9.47 Å². The number of fused-ring (bicyclic) bond motifs is 5. The third kappa shape index (κ3) is 2.68. The Kier molecular flexibility index (Phi) is 4.14. The zero-order valence-corrected chi connectivity index (χ0v) is 18.6. The summed E-state index contributed by atoms with van der Waals surface area (Å²) in [4.78, 5) is 42.7. The lowest BCUT2D eigenvalue weighted by Gasteiger charge is -2.29. The lowest BCUT2D eigenvalue weighted by molar-refractivity contribution is -0.130. The van der Waals surface area contributed by atoms with E-state index in [9.17, 15) is 14.4 Å². The molecule has 0 bridgehead atoms. The molecular weight excluding hydrogens is 446 g/mol. The summed E-state index contributed by atoms with van der Waals surface area (Å²) in [7, 11) is 0. The van der Waals surface area contributed by atoms with E-state index in [2.05, 4.69) is 10.6 Å². The van der Waals surface area contributed by atoms with Crippen molar-refractivity contribution in [3.63, 3.8) is 0 Å². The summed E-state index contributed by atoms with van der Waals surface area (Å²) in [6.07, 6.45) is 0.507. The van der Waals surface area contributed by atoms with Crippen LogP contribution in [0.2, 0.25) is 0 Å². The minimum atomic E-state index is -1.32. The zero-order valence-electron chi connectivity index (χ0n) is 18.6. The number of carbonyl (C=O) groups is 3. The number of hydrogen-bond acceptors (Lipinski definition) is 6. The van der Waals surface area contributed by atoms with Crippen LogP contribution in [0.3, 0.4) is 0 Å². The summed E-state index contributed by atoms with van der Waals surface area (Å²) in [5.74, 6) is -1.55. The van der Waals surface area contributed by atoms with Gasteiger partial charge in [0.2, 0.25) is 24.5 Å². The second-order valence-electron chi connectivity index (χ2n) is 9.30.